The van der Waals surface area contributed by atoms with E-state index in [9.17, 15) is 4.79 Å². The van der Waals surface area contributed by atoms with Gasteiger partial charge in [0.25, 0.3) is 5.91 Å². The van der Waals surface area contributed by atoms with E-state index in [-0.39, 0.29) is 18.7 Å². The normalized spacial score (nSPS) is 17.8. The fraction of sp³-hybridized carbons (Fsp3) is 0.348. The van der Waals surface area contributed by atoms with Crippen LogP contribution in [0, 0.1) is 6.92 Å². The molecule has 31 heavy (non-hydrogen) atoms. The molecule has 1 amide bonds. The third-order valence-corrected chi connectivity index (χ3v) is 6.53. The minimum atomic E-state index is 0.0165. The van der Waals surface area contributed by atoms with Gasteiger partial charge in [-0.15, -0.1) is 0 Å². The van der Waals surface area contributed by atoms with E-state index >= 15 is 0 Å². The monoisotopic (exact) mass is 436 g/mol. The molecule has 3 aromatic rings. The third-order valence-electron chi connectivity index (χ3n) is 5.72. The highest BCUT2D eigenvalue weighted by molar-refractivity contribution is 7.09. The lowest BCUT2D eigenvalue weighted by molar-refractivity contribution is 0.0673. The van der Waals surface area contributed by atoms with Crippen molar-refractivity contribution in [2.24, 2.45) is 0 Å². The number of benzene rings is 2. The van der Waals surface area contributed by atoms with Gasteiger partial charge in [0.2, 0.25) is 11.9 Å². The SMILES string of the molecule is Cc1ccc(Cc2nsc(N3CCN(C(=O)c4ccc5c(c4)OCO5)C(C)C3)n2)cc1. The molecule has 160 valence electrons. The van der Waals surface area contributed by atoms with Crippen LogP contribution in [0.3, 0.4) is 0 Å². The van der Waals surface area contributed by atoms with Gasteiger partial charge in [-0.1, -0.05) is 29.8 Å². The number of carbonyl (C=O) groups is 1. The molecule has 1 aromatic heterocycles. The number of hydrogen-bond donors (Lipinski definition) is 0. The average Bonchev–Trinajstić information content (AvgIpc) is 3.44. The standard InChI is InChI=1S/C23H24N4O3S/c1-15-3-5-17(6-4-15)11-21-24-23(31-25-21)26-9-10-27(16(2)13-26)22(28)18-7-8-19-20(12-18)30-14-29-19/h3-8,12,16H,9-11,13-14H2,1-2H3. The Balaban J connectivity index is 1.23. The molecule has 1 saturated heterocycles. The first-order valence-corrected chi connectivity index (χ1v) is 11.2. The molecule has 0 spiro atoms. The first-order valence-electron chi connectivity index (χ1n) is 10.4. The van der Waals surface area contributed by atoms with Gasteiger partial charge in [-0.3, -0.25) is 4.79 Å². The number of ether oxygens (including phenoxy) is 2. The molecule has 5 rings (SSSR count). The third kappa shape index (κ3) is 4.07. The van der Waals surface area contributed by atoms with Crippen molar-refractivity contribution < 1.29 is 14.3 Å². The summed E-state index contributed by atoms with van der Waals surface area (Å²) in [7, 11) is 0. The second kappa shape index (κ2) is 8.19. The van der Waals surface area contributed by atoms with Crippen molar-refractivity contribution in [3.63, 3.8) is 0 Å². The summed E-state index contributed by atoms with van der Waals surface area (Å²) >= 11 is 1.43. The summed E-state index contributed by atoms with van der Waals surface area (Å²) in [5.74, 6) is 2.18. The number of fused-ring (bicyclic) bond motifs is 1. The van der Waals surface area contributed by atoms with Crippen molar-refractivity contribution in [3.05, 3.63) is 65.0 Å². The molecular formula is C23H24N4O3S. The Morgan fingerprint density at radius 1 is 1.13 bits per heavy atom. The quantitative estimate of drug-likeness (QED) is 0.624. The van der Waals surface area contributed by atoms with Gasteiger partial charge in [-0.25, -0.2) is 4.98 Å². The number of aryl methyl sites for hydroxylation is 1. The molecule has 0 saturated carbocycles. The molecule has 0 radical (unpaired) electrons. The van der Waals surface area contributed by atoms with Gasteiger partial charge in [0.05, 0.1) is 0 Å². The lowest BCUT2D eigenvalue weighted by Gasteiger charge is -2.39. The van der Waals surface area contributed by atoms with Crippen LogP contribution in [0.2, 0.25) is 0 Å². The smallest absolute Gasteiger partial charge is 0.254 e. The van der Waals surface area contributed by atoms with Crippen molar-refractivity contribution in [1.29, 1.82) is 0 Å². The van der Waals surface area contributed by atoms with Crippen LogP contribution >= 0.6 is 11.5 Å². The van der Waals surface area contributed by atoms with E-state index in [0.29, 0.717) is 23.6 Å². The highest BCUT2D eigenvalue weighted by atomic mass is 32.1. The van der Waals surface area contributed by atoms with E-state index in [1.54, 1.807) is 18.2 Å². The Bertz CT molecular complexity index is 1100. The second-order valence-electron chi connectivity index (χ2n) is 8.02. The lowest BCUT2D eigenvalue weighted by atomic mass is 10.1. The highest BCUT2D eigenvalue weighted by Gasteiger charge is 2.30. The van der Waals surface area contributed by atoms with Gasteiger partial charge in [-0.2, -0.15) is 4.37 Å². The van der Waals surface area contributed by atoms with Crippen LogP contribution in [-0.4, -0.2) is 52.6 Å². The van der Waals surface area contributed by atoms with Gasteiger partial charge in [0, 0.05) is 49.2 Å². The van der Waals surface area contributed by atoms with Crippen LogP contribution in [-0.2, 0) is 6.42 Å². The number of piperazine rings is 1. The first kappa shape index (κ1) is 19.8. The Labute approximate surface area is 185 Å². The number of hydrogen-bond acceptors (Lipinski definition) is 7. The minimum absolute atomic E-state index is 0.0165. The molecule has 3 heterocycles. The summed E-state index contributed by atoms with van der Waals surface area (Å²) in [4.78, 5) is 22.0. The summed E-state index contributed by atoms with van der Waals surface area (Å²) in [6, 6.07) is 13.9. The molecule has 2 aliphatic heterocycles. The number of rotatable bonds is 4. The maximum Gasteiger partial charge on any atom is 0.254 e. The molecule has 0 aliphatic carbocycles. The van der Waals surface area contributed by atoms with E-state index in [0.717, 1.165) is 30.5 Å². The van der Waals surface area contributed by atoms with Crippen LogP contribution in [0.4, 0.5) is 5.13 Å². The number of anilines is 1. The summed E-state index contributed by atoms with van der Waals surface area (Å²) in [5.41, 5.74) is 3.08. The maximum absolute atomic E-state index is 13.1. The number of carbonyl (C=O) groups excluding carboxylic acids is 1. The van der Waals surface area contributed by atoms with Crippen molar-refractivity contribution in [2.75, 3.05) is 31.3 Å². The number of amides is 1. The number of nitrogens with zero attached hydrogens (tertiary/aromatic N) is 4. The zero-order valence-corrected chi connectivity index (χ0v) is 18.4. The van der Waals surface area contributed by atoms with Crippen molar-refractivity contribution in [2.45, 2.75) is 26.3 Å². The topological polar surface area (TPSA) is 67.8 Å². The summed E-state index contributed by atoms with van der Waals surface area (Å²) in [6.07, 6.45) is 0.731. The van der Waals surface area contributed by atoms with E-state index in [4.69, 9.17) is 14.5 Å². The molecule has 0 bridgehead atoms. The predicted molar refractivity (Wildman–Crippen MR) is 119 cm³/mol. The zero-order valence-electron chi connectivity index (χ0n) is 17.6. The van der Waals surface area contributed by atoms with Gasteiger partial charge < -0.3 is 19.3 Å². The molecule has 2 aliphatic rings. The predicted octanol–water partition coefficient (Wildman–Crippen LogP) is 3.52. The lowest BCUT2D eigenvalue weighted by Crippen LogP contribution is -2.54. The first-order chi connectivity index (χ1) is 15.1. The Morgan fingerprint density at radius 3 is 2.74 bits per heavy atom. The van der Waals surface area contributed by atoms with Crippen LogP contribution in [0.25, 0.3) is 0 Å². The fourth-order valence-electron chi connectivity index (χ4n) is 3.96. The zero-order chi connectivity index (χ0) is 21.4. The van der Waals surface area contributed by atoms with E-state index < -0.39 is 0 Å². The molecular weight excluding hydrogens is 412 g/mol. The molecule has 7 nitrogen and oxygen atoms in total. The average molecular weight is 437 g/mol. The molecule has 1 fully saturated rings. The van der Waals surface area contributed by atoms with Crippen LogP contribution in [0.5, 0.6) is 11.5 Å². The van der Waals surface area contributed by atoms with Crippen molar-refractivity contribution >= 4 is 22.6 Å². The largest absolute Gasteiger partial charge is 0.454 e. The summed E-state index contributed by atoms with van der Waals surface area (Å²) in [6.45, 7) is 6.47. The maximum atomic E-state index is 13.1. The van der Waals surface area contributed by atoms with Crippen molar-refractivity contribution in [1.82, 2.24) is 14.3 Å². The molecule has 1 atom stereocenters. The Kier molecular flexibility index (Phi) is 5.23. The van der Waals surface area contributed by atoms with Crippen LogP contribution < -0.4 is 14.4 Å². The van der Waals surface area contributed by atoms with Crippen molar-refractivity contribution in [3.8, 4) is 11.5 Å². The minimum Gasteiger partial charge on any atom is -0.454 e. The second-order valence-corrected chi connectivity index (χ2v) is 8.75. The molecule has 0 N–H and O–H groups in total. The molecule has 1 unspecified atom stereocenters. The Morgan fingerprint density at radius 2 is 1.94 bits per heavy atom. The van der Waals surface area contributed by atoms with Crippen LogP contribution in [0.1, 0.15) is 34.2 Å². The highest BCUT2D eigenvalue weighted by Crippen LogP contribution is 2.33. The van der Waals surface area contributed by atoms with E-state index in [2.05, 4.69) is 47.4 Å². The molecule has 8 heteroatoms. The van der Waals surface area contributed by atoms with Gasteiger partial charge in [-0.05, 0) is 37.6 Å². The number of aromatic nitrogens is 2. The van der Waals surface area contributed by atoms with Gasteiger partial charge >= 0.3 is 0 Å². The van der Waals surface area contributed by atoms with Gasteiger partial charge in [0.15, 0.2) is 11.5 Å². The van der Waals surface area contributed by atoms with E-state index in [1.807, 2.05) is 4.90 Å². The van der Waals surface area contributed by atoms with Gasteiger partial charge in [0.1, 0.15) is 5.82 Å². The molecule has 2 aromatic carbocycles. The fourth-order valence-corrected chi connectivity index (χ4v) is 4.68. The Hall–Kier alpha value is -3.13. The van der Waals surface area contributed by atoms with E-state index in [1.165, 1.54) is 22.7 Å². The summed E-state index contributed by atoms with van der Waals surface area (Å²) < 4.78 is 15.3. The van der Waals surface area contributed by atoms with Crippen LogP contribution in [0.15, 0.2) is 42.5 Å². The summed E-state index contributed by atoms with van der Waals surface area (Å²) in [5, 5.41) is 0.921.